The third-order valence-corrected chi connectivity index (χ3v) is 3.29. The van der Waals surface area contributed by atoms with Crippen LogP contribution in [0.15, 0.2) is 24.3 Å². The van der Waals surface area contributed by atoms with Crippen LogP contribution in [-0.4, -0.2) is 16.1 Å². The van der Waals surface area contributed by atoms with Crippen molar-refractivity contribution >= 4 is 5.69 Å². The number of hydrogen-bond acceptors (Lipinski definition) is 3. The normalized spacial score (nSPS) is 17.8. The molecule has 0 radical (unpaired) electrons. The van der Waals surface area contributed by atoms with Crippen LogP contribution in [0.2, 0.25) is 0 Å². The van der Waals surface area contributed by atoms with Crippen LogP contribution in [0.25, 0.3) is 0 Å². The van der Waals surface area contributed by atoms with Gasteiger partial charge in [0.2, 0.25) is 0 Å². The van der Waals surface area contributed by atoms with Gasteiger partial charge >= 0.3 is 0 Å². The van der Waals surface area contributed by atoms with Crippen molar-refractivity contribution in [3.05, 3.63) is 39.9 Å². The molecule has 1 N–H and O–H groups in total. The highest BCUT2D eigenvalue weighted by molar-refractivity contribution is 5.33. The van der Waals surface area contributed by atoms with Crippen LogP contribution in [0.1, 0.15) is 24.8 Å². The van der Waals surface area contributed by atoms with Crippen molar-refractivity contribution in [2.24, 2.45) is 5.92 Å². The molecule has 1 saturated carbocycles. The molecule has 0 spiro atoms. The highest BCUT2D eigenvalue weighted by Crippen LogP contribution is 2.31. The minimum Gasteiger partial charge on any atom is -0.392 e. The Labute approximate surface area is 94.1 Å². The first-order valence-electron chi connectivity index (χ1n) is 5.58. The summed E-state index contributed by atoms with van der Waals surface area (Å²) in [7, 11) is 0. The van der Waals surface area contributed by atoms with E-state index in [1.54, 1.807) is 12.1 Å². The van der Waals surface area contributed by atoms with E-state index in [1.165, 1.54) is 18.6 Å². The second kappa shape index (κ2) is 4.61. The number of nitro benzene ring substituents is 1. The van der Waals surface area contributed by atoms with Crippen LogP contribution in [0.3, 0.4) is 0 Å². The van der Waals surface area contributed by atoms with Crippen molar-refractivity contribution in [3.63, 3.8) is 0 Å². The van der Waals surface area contributed by atoms with Crippen LogP contribution in [0, 0.1) is 16.0 Å². The third kappa shape index (κ3) is 2.39. The van der Waals surface area contributed by atoms with Gasteiger partial charge in [-0.05, 0) is 30.7 Å². The van der Waals surface area contributed by atoms with Crippen molar-refractivity contribution in [2.75, 3.05) is 0 Å². The van der Waals surface area contributed by atoms with E-state index in [0.29, 0.717) is 12.3 Å². The van der Waals surface area contributed by atoms with Crippen molar-refractivity contribution in [1.82, 2.24) is 0 Å². The van der Waals surface area contributed by atoms with E-state index in [9.17, 15) is 15.2 Å². The summed E-state index contributed by atoms with van der Waals surface area (Å²) in [5, 5.41) is 20.3. The summed E-state index contributed by atoms with van der Waals surface area (Å²) in [6.45, 7) is 0. The standard InChI is InChI=1S/C12H15NO3/c14-12(10-2-1-3-10)8-9-4-6-11(7-5-9)13(15)16/h4-7,10,12,14H,1-3,8H2. The van der Waals surface area contributed by atoms with Gasteiger partial charge in [0.05, 0.1) is 11.0 Å². The SMILES string of the molecule is O=[N+]([O-])c1ccc(CC(O)C2CCC2)cc1. The first kappa shape index (κ1) is 11.1. The number of hydrogen-bond donors (Lipinski definition) is 1. The van der Waals surface area contributed by atoms with Gasteiger partial charge in [-0.2, -0.15) is 0 Å². The van der Waals surface area contributed by atoms with E-state index >= 15 is 0 Å². The molecule has 1 atom stereocenters. The first-order chi connectivity index (χ1) is 7.66. The predicted octanol–water partition coefficient (Wildman–Crippen LogP) is 2.30. The number of non-ortho nitro benzene ring substituents is 1. The van der Waals surface area contributed by atoms with E-state index in [4.69, 9.17) is 0 Å². The Morgan fingerprint density at radius 1 is 1.38 bits per heavy atom. The van der Waals surface area contributed by atoms with Gasteiger partial charge in [-0.3, -0.25) is 10.1 Å². The lowest BCUT2D eigenvalue weighted by atomic mass is 9.79. The van der Waals surface area contributed by atoms with Crippen molar-refractivity contribution < 1.29 is 10.0 Å². The molecule has 0 amide bonds. The number of aliphatic hydroxyl groups is 1. The summed E-state index contributed by atoms with van der Waals surface area (Å²) in [6.07, 6.45) is 3.72. The fourth-order valence-electron chi connectivity index (χ4n) is 1.99. The summed E-state index contributed by atoms with van der Waals surface area (Å²) >= 11 is 0. The van der Waals surface area contributed by atoms with Gasteiger partial charge in [-0.25, -0.2) is 0 Å². The Bertz CT molecular complexity index is 370. The quantitative estimate of drug-likeness (QED) is 0.626. The molecule has 86 valence electrons. The maximum atomic E-state index is 10.5. The summed E-state index contributed by atoms with van der Waals surface area (Å²) in [4.78, 5) is 10.0. The number of nitro groups is 1. The van der Waals surface area contributed by atoms with E-state index < -0.39 is 4.92 Å². The minimum absolute atomic E-state index is 0.0990. The second-order valence-electron chi connectivity index (χ2n) is 4.39. The molecule has 0 aliphatic heterocycles. The van der Waals surface area contributed by atoms with E-state index in [1.807, 2.05) is 0 Å². The molecular formula is C12H15NO3. The zero-order valence-corrected chi connectivity index (χ0v) is 9.00. The molecule has 0 bridgehead atoms. The fraction of sp³-hybridized carbons (Fsp3) is 0.500. The third-order valence-electron chi connectivity index (χ3n) is 3.29. The van der Waals surface area contributed by atoms with Gasteiger partial charge in [0, 0.05) is 12.1 Å². The molecule has 1 fully saturated rings. The van der Waals surface area contributed by atoms with Crippen LogP contribution in [0.4, 0.5) is 5.69 Å². The maximum Gasteiger partial charge on any atom is 0.269 e. The summed E-state index contributed by atoms with van der Waals surface area (Å²) in [5.41, 5.74) is 1.06. The molecular weight excluding hydrogens is 206 g/mol. The number of benzene rings is 1. The molecule has 4 heteroatoms. The van der Waals surface area contributed by atoms with E-state index in [0.717, 1.165) is 18.4 Å². The monoisotopic (exact) mass is 221 g/mol. The van der Waals surface area contributed by atoms with Gasteiger partial charge in [-0.15, -0.1) is 0 Å². The largest absolute Gasteiger partial charge is 0.392 e. The highest BCUT2D eigenvalue weighted by atomic mass is 16.6. The zero-order chi connectivity index (χ0) is 11.5. The summed E-state index contributed by atoms with van der Waals surface area (Å²) in [6, 6.07) is 6.42. The number of aliphatic hydroxyl groups excluding tert-OH is 1. The van der Waals surface area contributed by atoms with Crippen molar-refractivity contribution in [1.29, 1.82) is 0 Å². The first-order valence-corrected chi connectivity index (χ1v) is 5.58. The van der Waals surface area contributed by atoms with Gasteiger partial charge < -0.3 is 5.11 Å². The minimum atomic E-state index is -0.411. The van der Waals surface area contributed by atoms with Gasteiger partial charge in [-0.1, -0.05) is 18.6 Å². The van der Waals surface area contributed by atoms with Gasteiger partial charge in [0.15, 0.2) is 0 Å². The lowest BCUT2D eigenvalue weighted by Crippen LogP contribution is -2.28. The topological polar surface area (TPSA) is 63.4 Å². The Morgan fingerprint density at radius 2 is 2.00 bits per heavy atom. The molecule has 16 heavy (non-hydrogen) atoms. The molecule has 0 saturated heterocycles. The Kier molecular flexibility index (Phi) is 3.19. The summed E-state index contributed by atoms with van der Waals surface area (Å²) < 4.78 is 0. The molecule has 0 heterocycles. The van der Waals surface area contributed by atoms with Crippen molar-refractivity contribution in [2.45, 2.75) is 31.8 Å². The number of nitrogens with zero attached hydrogens (tertiary/aromatic N) is 1. The van der Waals surface area contributed by atoms with E-state index in [2.05, 4.69) is 0 Å². The molecule has 1 aliphatic rings. The smallest absolute Gasteiger partial charge is 0.269 e. The van der Waals surface area contributed by atoms with Crippen LogP contribution < -0.4 is 0 Å². The molecule has 0 aromatic heterocycles. The Hall–Kier alpha value is -1.42. The van der Waals surface area contributed by atoms with Crippen LogP contribution >= 0.6 is 0 Å². The Balaban J connectivity index is 1.96. The lowest BCUT2D eigenvalue weighted by Gasteiger charge is -2.30. The lowest BCUT2D eigenvalue weighted by molar-refractivity contribution is -0.384. The molecule has 2 rings (SSSR count). The molecule has 1 aliphatic carbocycles. The van der Waals surface area contributed by atoms with Crippen LogP contribution in [0.5, 0.6) is 0 Å². The Morgan fingerprint density at radius 3 is 2.44 bits per heavy atom. The highest BCUT2D eigenvalue weighted by Gasteiger charge is 2.25. The fourth-order valence-corrected chi connectivity index (χ4v) is 1.99. The predicted molar refractivity (Wildman–Crippen MR) is 60.1 cm³/mol. The van der Waals surface area contributed by atoms with Gasteiger partial charge in [0.1, 0.15) is 0 Å². The molecule has 4 nitrogen and oxygen atoms in total. The molecule has 1 aromatic carbocycles. The van der Waals surface area contributed by atoms with Gasteiger partial charge in [0.25, 0.3) is 5.69 Å². The van der Waals surface area contributed by atoms with E-state index in [-0.39, 0.29) is 11.8 Å². The average Bonchev–Trinajstić information content (AvgIpc) is 2.15. The average molecular weight is 221 g/mol. The van der Waals surface area contributed by atoms with Crippen molar-refractivity contribution in [3.8, 4) is 0 Å². The zero-order valence-electron chi connectivity index (χ0n) is 9.00. The molecule has 1 aromatic rings. The summed E-state index contributed by atoms with van der Waals surface area (Å²) in [5.74, 6) is 0.426. The maximum absolute atomic E-state index is 10.5. The van der Waals surface area contributed by atoms with Crippen LogP contribution in [-0.2, 0) is 6.42 Å². The number of rotatable bonds is 4. The second-order valence-corrected chi connectivity index (χ2v) is 4.39. The molecule has 1 unspecified atom stereocenters.